The molecule has 3 atom stereocenters. The molecule has 0 aromatic heterocycles. The standard InChI is InChI=1S/C29H53NO4/c1-7-8-9-10-11-16-25(2)17-14-18-26(3)21-22-28(19-12-13-24-33-27(4)31)34-29(32)20-15-23-30(5)6/h4,12-13,25-26,28H,7-11,14-24H2,1-3,5-6H3/b13-12+. The third kappa shape index (κ3) is 22.4. The molecule has 0 aliphatic heterocycles. The van der Waals surface area contributed by atoms with Gasteiger partial charge in [-0.1, -0.05) is 90.7 Å². The molecule has 0 aromatic rings. The molecule has 0 aliphatic rings. The highest BCUT2D eigenvalue weighted by atomic mass is 16.5. The molecule has 2 radical (unpaired) electrons. The fraction of sp³-hybridized carbons (Fsp3) is 0.828. The van der Waals surface area contributed by atoms with Gasteiger partial charge in [0.15, 0.2) is 0 Å². The van der Waals surface area contributed by atoms with Crippen LogP contribution in [0.25, 0.3) is 0 Å². The smallest absolute Gasteiger partial charge is 0.311 e. The van der Waals surface area contributed by atoms with Gasteiger partial charge >= 0.3 is 11.9 Å². The first-order chi connectivity index (χ1) is 16.2. The minimum atomic E-state index is -0.784. The number of rotatable bonds is 22. The summed E-state index contributed by atoms with van der Waals surface area (Å²) in [7, 11) is 4.01. The highest BCUT2D eigenvalue weighted by Gasteiger charge is 2.15. The maximum Gasteiger partial charge on any atom is 0.311 e. The Balaban J connectivity index is 4.31. The highest BCUT2D eigenvalue weighted by molar-refractivity contribution is 5.73. The summed E-state index contributed by atoms with van der Waals surface area (Å²) in [5.74, 6) is 0.522. The minimum absolute atomic E-state index is 0.131. The number of ether oxygens (including phenoxy) is 2. The Labute approximate surface area is 211 Å². The maximum absolute atomic E-state index is 12.3. The Morgan fingerprint density at radius 1 is 0.853 bits per heavy atom. The van der Waals surface area contributed by atoms with Crippen LogP contribution in [0, 0.1) is 18.8 Å². The van der Waals surface area contributed by atoms with E-state index < -0.39 is 5.97 Å². The van der Waals surface area contributed by atoms with Crippen molar-refractivity contribution >= 4 is 11.9 Å². The third-order valence-corrected chi connectivity index (χ3v) is 6.35. The first kappa shape index (κ1) is 32.6. The van der Waals surface area contributed by atoms with Crippen LogP contribution in [0.15, 0.2) is 12.2 Å². The summed E-state index contributed by atoms with van der Waals surface area (Å²) >= 11 is 0. The van der Waals surface area contributed by atoms with Crippen molar-refractivity contribution in [3.05, 3.63) is 19.1 Å². The number of unbranched alkanes of at least 4 members (excludes halogenated alkanes) is 4. The monoisotopic (exact) mass is 479 g/mol. The summed E-state index contributed by atoms with van der Waals surface area (Å²) in [6, 6.07) is 0. The van der Waals surface area contributed by atoms with Crippen LogP contribution in [0.1, 0.15) is 111 Å². The molecule has 0 N–H and O–H groups in total. The first-order valence-corrected chi connectivity index (χ1v) is 13.7. The van der Waals surface area contributed by atoms with Crippen LogP contribution in [0.3, 0.4) is 0 Å². The summed E-state index contributed by atoms with van der Waals surface area (Å²) in [6.07, 6.45) is 19.3. The quantitative estimate of drug-likeness (QED) is 0.0948. The van der Waals surface area contributed by atoms with Crippen molar-refractivity contribution in [3.63, 3.8) is 0 Å². The molecular formula is C29H53NO4. The van der Waals surface area contributed by atoms with Crippen molar-refractivity contribution in [3.8, 4) is 0 Å². The molecular weight excluding hydrogens is 426 g/mol. The van der Waals surface area contributed by atoms with Gasteiger partial charge in [0.1, 0.15) is 12.7 Å². The topological polar surface area (TPSA) is 55.8 Å². The lowest BCUT2D eigenvalue weighted by Crippen LogP contribution is -2.20. The Hall–Kier alpha value is -1.36. The van der Waals surface area contributed by atoms with Gasteiger partial charge < -0.3 is 14.4 Å². The second kappa shape index (κ2) is 22.1. The fourth-order valence-corrected chi connectivity index (χ4v) is 4.13. The van der Waals surface area contributed by atoms with E-state index >= 15 is 0 Å². The molecule has 0 saturated carbocycles. The van der Waals surface area contributed by atoms with Crippen LogP contribution in [-0.2, 0) is 19.1 Å². The third-order valence-electron chi connectivity index (χ3n) is 6.35. The number of esters is 2. The van der Waals surface area contributed by atoms with E-state index in [4.69, 9.17) is 16.4 Å². The average molecular weight is 480 g/mol. The normalized spacial score (nSPS) is 14.3. The van der Waals surface area contributed by atoms with Crippen LogP contribution in [0.2, 0.25) is 0 Å². The van der Waals surface area contributed by atoms with Gasteiger partial charge in [-0.25, -0.2) is 0 Å². The molecule has 0 aliphatic carbocycles. The van der Waals surface area contributed by atoms with Gasteiger partial charge in [0.2, 0.25) is 0 Å². The average Bonchev–Trinajstić information content (AvgIpc) is 2.76. The molecule has 0 bridgehead atoms. The Morgan fingerprint density at radius 3 is 2.15 bits per heavy atom. The first-order valence-electron chi connectivity index (χ1n) is 13.7. The predicted octanol–water partition coefficient (Wildman–Crippen LogP) is 7.02. The Morgan fingerprint density at radius 2 is 1.50 bits per heavy atom. The van der Waals surface area contributed by atoms with Gasteiger partial charge in [0, 0.05) is 12.8 Å². The SMILES string of the molecule is [CH]C(=O)OC/C=C/CC(CCC(C)CCCC(C)CCCCCCC)OC(=O)CCCN(C)C. The van der Waals surface area contributed by atoms with E-state index in [0.717, 1.165) is 31.7 Å². The molecule has 0 fully saturated rings. The van der Waals surface area contributed by atoms with Gasteiger partial charge in [-0.15, -0.1) is 0 Å². The highest BCUT2D eigenvalue weighted by Crippen LogP contribution is 2.22. The molecule has 34 heavy (non-hydrogen) atoms. The summed E-state index contributed by atoms with van der Waals surface area (Å²) in [5.41, 5.74) is 0. The van der Waals surface area contributed by atoms with E-state index in [1.165, 1.54) is 57.8 Å². The lowest BCUT2D eigenvalue weighted by molar-refractivity contribution is -0.149. The molecule has 0 amide bonds. The number of nitrogens with zero attached hydrogens (tertiary/aromatic N) is 1. The van der Waals surface area contributed by atoms with E-state index in [2.05, 4.69) is 25.7 Å². The van der Waals surface area contributed by atoms with E-state index in [1.54, 1.807) is 6.08 Å². The molecule has 0 rings (SSSR count). The minimum Gasteiger partial charge on any atom is -0.462 e. The number of carbonyl (C=O) groups excluding carboxylic acids is 2. The van der Waals surface area contributed by atoms with Crippen LogP contribution in [0.5, 0.6) is 0 Å². The molecule has 0 aromatic carbocycles. The molecule has 3 unspecified atom stereocenters. The van der Waals surface area contributed by atoms with Gasteiger partial charge in [-0.2, -0.15) is 0 Å². The van der Waals surface area contributed by atoms with Crippen molar-refractivity contribution < 1.29 is 19.1 Å². The zero-order valence-electron chi connectivity index (χ0n) is 22.9. The molecule has 5 heteroatoms. The zero-order valence-corrected chi connectivity index (χ0v) is 22.9. The van der Waals surface area contributed by atoms with E-state index in [0.29, 0.717) is 18.8 Å². The van der Waals surface area contributed by atoms with Gasteiger partial charge in [-0.05, 0) is 51.7 Å². The second-order valence-corrected chi connectivity index (χ2v) is 10.3. The van der Waals surface area contributed by atoms with E-state index in [1.807, 2.05) is 20.2 Å². The Kier molecular flexibility index (Phi) is 21.2. The van der Waals surface area contributed by atoms with Crippen molar-refractivity contribution in [1.82, 2.24) is 4.90 Å². The maximum atomic E-state index is 12.3. The number of hydrogen-bond acceptors (Lipinski definition) is 5. The van der Waals surface area contributed by atoms with E-state index in [-0.39, 0.29) is 18.7 Å². The lowest BCUT2D eigenvalue weighted by atomic mass is 9.92. The van der Waals surface area contributed by atoms with Gasteiger partial charge in [0.05, 0.1) is 6.92 Å². The lowest BCUT2D eigenvalue weighted by Gasteiger charge is -2.20. The van der Waals surface area contributed by atoms with Gasteiger partial charge in [0.25, 0.3) is 0 Å². The summed E-state index contributed by atoms with van der Waals surface area (Å²) in [4.78, 5) is 25.0. The second-order valence-electron chi connectivity index (χ2n) is 10.3. The van der Waals surface area contributed by atoms with Crippen molar-refractivity contribution in [1.29, 1.82) is 0 Å². The predicted molar refractivity (Wildman–Crippen MR) is 141 cm³/mol. The van der Waals surface area contributed by atoms with Crippen molar-refractivity contribution in [2.45, 2.75) is 117 Å². The van der Waals surface area contributed by atoms with Gasteiger partial charge in [-0.3, -0.25) is 9.59 Å². The number of hydrogen-bond donors (Lipinski definition) is 0. The molecule has 5 nitrogen and oxygen atoms in total. The van der Waals surface area contributed by atoms with Crippen LogP contribution in [-0.4, -0.2) is 50.2 Å². The van der Waals surface area contributed by atoms with Crippen LogP contribution in [0.4, 0.5) is 0 Å². The summed E-state index contributed by atoms with van der Waals surface area (Å²) in [5, 5.41) is 0. The van der Waals surface area contributed by atoms with Crippen LogP contribution < -0.4 is 0 Å². The molecule has 198 valence electrons. The van der Waals surface area contributed by atoms with Crippen molar-refractivity contribution in [2.75, 3.05) is 27.2 Å². The largest absolute Gasteiger partial charge is 0.462 e. The van der Waals surface area contributed by atoms with Crippen LogP contribution >= 0.6 is 0 Å². The molecule has 0 heterocycles. The van der Waals surface area contributed by atoms with Crippen molar-refractivity contribution in [2.24, 2.45) is 11.8 Å². The zero-order chi connectivity index (χ0) is 25.6. The fourth-order valence-electron chi connectivity index (χ4n) is 4.13. The molecule has 0 spiro atoms. The van der Waals surface area contributed by atoms with E-state index in [9.17, 15) is 9.59 Å². The Bertz CT molecular complexity index is 532. The summed E-state index contributed by atoms with van der Waals surface area (Å²) in [6.45, 7) is 13.0. The summed E-state index contributed by atoms with van der Waals surface area (Å²) < 4.78 is 10.5. The number of carbonyl (C=O) groups is 2. The molecule has 0 saturated heterocycles.